The van der Waals surface area contributed by atoms with Gasteiger partial charge in [-0.1, -0.05) is 0 Å². The topological polar surface area (TPSA) is 120 Å². The van der Waals surface area contributed by atoms with E-state index in [0.717, 1.165) is 18.4 Å². The molecule has 9 heteroatoms. The molecule has 0 aromatic carbocycles. The third-order valence-electron chi connectivity index (χ3n) is 4.99. The van der Waals surface area contributed by atoms with Crippen LogP contribution in [0.4, 0.5) is 16.4 Å². The van der Waals surface area contributed by atoms with E-state index in [1.807, 2.05) is 19.1 Å². The van der Waals surface area contributed by atoms with Crippen molar-refractivity contribution in [3.8, 4) is 11.8 Å². The first kappa shape index (κ1) is 20.7. The molecule has 0 saturated carbocycles. The molecule has 2 aromatic heterocycles. The minimum absolute atomic E-state index is 0.288. The van der Waals surface area contributed by atoms with E-state index in [9.17, 15) is 10.1 Å². The van der Waals surface area contributed by atoms with E-state index >= 15 is 0 Å². The summed E-state index contributed by atoms with van der Waals surface area (Å²) in [4.78, 5) is 21.9. The lowest BCUT2D eigenvalue weighted by Crippen LogP contribution is -2.56. The van der Waals surface area contributed by atoms with E-state index in [0.29, 0.717) is 36.2 Å². The van der Waals surface area contributed by atoms with Gasteiger partial charge in [-0.3, -0.25) is 0 Å². The maximum atomic E-state index is 12.8. The van der Waals surface area contributed by atoms with Crippen molar-refractivity contribution in [2.24, 2.45) is 5.73 Å². The zero-order chi connectivity index (χ0) is 21.0. The number of fused-ring (bicyclic) bond motifs is 1. The second-order valence-electron chi connectivity index (χ2n) is 6.58. The van der Waals surface area contributed by atoms with E-state index < -0.39 is 12.3 Å². The highest BCUT2D eigenvalue weighted by Crippen LogP contribution is 2.41. The molecule has 9 nitrogen and oxygen atoms in total. The maximum Gasteiger partial charge on any atom is 0.426 e. The van der Waals surface area contributed by atoms with Crippen LogP contribution in [0.2, 0.25) is 0 Å². The molecule has 0 aliphatic carbocycles. The van der Waals surface area contributed by atoms with Crippen LogP contribution >= 0.6 is 0 Å². The number of pyridine rings is 2. The number of aryl methyl sites for hydroxylation is 1. The van der Waals surface area contributed by atoms with E-state index in [4.69, 9.17) is 24.9 Å². The Balaban J connectivity index is 2.24. The van der Waals surface area contributed by atoms with Gasteiger partial charge in [-0.15, -0.1) is 4.48 Å². The summed E-state index contributed by atoms with van der Waals surface area (Å²) >= 11 is 0. The summed E-state index contributed by atoms with van der Waals surface area (Å²) in [6.07, 6.45) is 2.20. The SMILES string of the molecule is CCOc1cc([N+]2(C(N)=O)CCCc3ccc(C(OC)OC)nc32)ncc1C#N. The molecule has 2 N–H and O–H groups in total. The number of urea groups is 1. The first-order valence-corrected chi connectivity index (χ1v) is 9.29. The fraction of sp³-hybridized carbons (Fsp3) is 0.400. The Labute approximate surface area is 169 Å². The maximum absolute atomic E-state index is 12.8. The molecule has 1 atom stereocenters. The van der Waals surface area contributed by atoms with E-state index in [1.54, 1.807) is 6.07 Å². The van der Waals surface area contributed by atoms with Crippen LogP contribution in [0.3, 0.4) is 0 Å². The molecule has 0 fully saturated rings. The van der Waals surface area contributed by atoms with Gasteiger partial charge in [0.2, 0.25) is 17.9 Å². The van der Waals surface area contributed by atoms with Crippen molar-refractivity contribution in [2.45, 2.75) is 26.1 Å². The Bertz CT molecular complexity index is 954. The Kier molecular flexibility index (Phi) is 6.08. The van der Waals surface area contributed by atoms with E-state index in [-0.39, 0.29) is 10.0 Å². The lowest BCUT2D eigenvalue weighted by atomic mass is 10.0. The first-order valence-electron chi connectivity index (χ1n) is 9.29. The Morgan fingerprint density at radius 3 is 2.76 bits per heavy atom. The summed E-state index contributed by atoms with van der Waals surface area (Å²) in [5, 5.41) is 9.32. The number of carbonyl (C=O) groups excluding carboxylic acids is 1. The van der Waals surface area contributed by atoms with Crippen LogP contribution in [0.5, 0.6) is 5.75 Å². The Hall–Kier alpha value is -3.06. The molecule has 2 aromatic rings. The normalized spacial score (nSPS) is 18.2. The average molecular weight is 398 g/mol. The van der Waals surface area contributed by atoms with Crippen molar-refractivity contribution in [3.05, 3.63) is 41.2 Å². The van der Waals surface area contributed by atoms with Gasteiger partial charge >= 0.3 is 6.03 Å². The lowest BCUT2D eigenvalue weighted by molar-refractivity contribution is -0.108. The van der Waals surface area contributed by atoms with Crippen molar-refractivity contribution >= 4 is 17.7 Å². The number of amides is 2. The van der Waals surface area contributed by atoms with Crippen LogP contribution in [0.1, 0.15) is 36.5 Å². The van der Waals surface area contributed by atoms with Gasteiger partial charge in [0.25, 0.3) is 0 Å². The quantitative estimate of drug-likeness (QED) is 0.586. The summed E-state index contributed by atoms with van der Waals surface area (Å²) in [5.74, 6) is 1.20. The van der Waals surface area contributed by atoms with Crippen molar-refractivity contribution in [1.29, 1.82) is 5.26 Å². The number of hydrogen-bond acceptors (Lipinski definition) is 7. The molecule has 0 bridgehead atoms. The van der Waals surface area contributed by atoms with Gasteiger partial charge in [-0.25, -0.2) is 9.78 Å². The molecule has 1 unspecified atom stereocenters. The number of rotatable bonds is 6. The summed E-state index contributed by atoms with van der Waals surface area (Å²) in [5.41, 5.74) is 7.63. The fourth-order valence-corrected chi connectivity index (χ4v) is 3.64. The molecule has 3 heterocycles. The van der Waals surface area contributed by atoms with Gasteiger partial charge in [0, 0.05) is 26.2 Å². The number of aromatic nitrogens is 2. The van der Waals surface area contributed by atoms with Crippen LogP contribution in [0, 0.1) is 11.3 Å². The van der Waals surface area contributed by atoms with Crippen LogP contribution < -0.4 is 15.0 Å². The minimum atomic E-state index is -0.676. The first-order chi connectivity index (χ1) is 14.0. The van der Waals surface area contributed by atoms with Crippen LogP contribution in [-0.2, 0) is 15.9 Å². The highest BCUT2D eigenvalue weighted by Gasteiger charge is 2.47. The fourth-order valence-electron chi connectivity index (χ4n) is 3.64. The smallest absolute Gasteiger partial charge is 0.426 e. The number of carbonyl (C=O) groups is 1. The lowest BCUT2D eigenvalue weighted by Gasteiger charge is -2.35. The van der Waals surface area contributed by atoms with Gasteiger partial charge < -0.3 is 19.9 Å². The largest absolute Gasteiger partial charge is 0.492 e. The van der Waals surface area contributed by atoms with Crippen molar-refractivity contribution in [2.75, 3.05) is 27.4 Å². The van der Waals surface area contributed by atoms with Gasteiger partial charge in [-0.2, -0.15) is 10.2 Å². The number of nitriles is 1. The molecular weight excluding hydrogens is 374 g/mol. The van der Waals surface area contributed by atoms with Crippen LogP contribution in [-0.4, -0.2) is 43.4 Å². The Morgan fingerprint density at radius 1 is 1.38 bits per heavy atom. The molecule has 29 heavy (non-hydrogen) atoms. The monoisotopic (exact) mass is 398 g/mol. The zero-order valence-electron chi connectivity index (χ0n) is 16.7. The molecule has 0 saturated heterocycles. The van der Waals surface area contributed by atoms with Gasteiger partial charge in [0.1, 0.15) is 29.6 Å². The summed E-state index contributed by atoms with van der Waals surface area (Å²) in [7, 11) is 3.03. The standard InChI is InChI=1S/C20H23N5O4/c1-4-29-16-10-17(23-12-14(16)11-21)25(20(22)26)9-5-6-13-7-8-15(24-18(13)25)19(27-2)28-3/h7-8,10,12,19H,4-6,9H2,1-3H3,(H-,22,26)/p+1. The third kappa shape index (κ3) is 3.53. The summed E-state index contributed by atoms with van der Waals surface area (Å²) in [6.45, 7) is 2.59. The third-order valence-corrected chi connectivity index (χ3v) is 4.99. The van der Waals surface area contributed by atoms with Crippen molar-refractivity contribution in [3.63, 3.8) is 0 Å². The van der Waals surface area contributed by atoms with Gasteiger partial charge in [0.05, 0.1) is 18.9 Å². The molecular formula is C20H24N5O4+. The van der Waals surface area contributed by atoms with E-state index in [2.05, 4.69) is 11.1 Å². The molecule has 1 aliphatic heterocycles. The number of quaternary nitrogens is 1. The summed E-state index contributed by atoms with van der Waals surface area (Å²) in [6, 6.07) is 6.76. The number of methoxy groups -OCH3 is 2. The van der Waals surface area contributed by atoms with Gasteiger partial charge in [-0.05, 0) is 25.5 Å². The van der Waals surface area contributed by atoms with E-state index in [1.165, 1.54) is 20.4 Å². The molecule has 2 amide bonds. The number of hydrogen-bond donors (Lipinski definition) is 1. The molecule has 152 valence electrons. The minimum Gasteiger partial charge on any atom is -0.492 e. The van der Waals surface area contributed by atoms with Crippen molar-refractivity contribution < 1.29 is 19.0 Å². The average Bonchev–Trinajstić information content (AvgIpc) is 2.74. The number of primary amides is 1. The highest BCUT2D eigenvalue weighted by atomic mass is 16.7. The highest BCUT2D eigenvalue weighted by molar-refractivity contribution is 5.92. The molecule has 3 rings (SSSR count). The second-order valence-corrected chi connectivity index (χ2v) is 6.58. The Morgan fingerprint density at radius 2 is 2.14 bits per heavy atom. The molecule has 0 spiro atoms. The van der Waals surface area contributed by atoms with Crippen LogP contribution in [0.15, 0.2) is 24.4 Å². The van der Waals surface area contributed by atoms with Crippen molar-refractivity contribution in [1.82, 2.24) is 14.5 Å². The summed E-state index contributed by atoms with van der Waals surface area (Å²) < 4.78 is 15.8. The molecule has 0 radical (unpaired) electrons. The van der Waals surface area contributed by atoms with Crippen LogP contribution in [0.25, 0.3) is 0 Å². The predicted molar refractivity (Wildman–Crippen MR) is 105 cm³/mol. The van der Waals surface area contributed by atoms with Gasteiger partial charge in [0.15, 0.2) is 0 Å². The number of ether oxygens (including phenoxy) is 3. The second kappa shape index (κ2) is 8.53. The number of nitrogens with two attached hydrogens (primary N) is 1. The predicted octanol–water partition coefficient (Wildman–Crippen LogP) is 2.70. The zero-order valence-corrected chi connectivity index (χ0v) is 16.7. The molecule has 1 aliphatic rings. The number of nitrogens with zero attached hydrogens (tertiary/aromatic N) is 4.